The van der Waals surface area contributed by atoms with Gasteiger partial charge in [-0.2, -0.15) is 0 Å². The molecule has 3 heteroatoms. The number of halogens is 1. The molecule has 88 valence electrons. The van der Waals surface area contributed by atoms with Crippen LogP contribution in [0.2, 0.25) is 0 Å². The lowest BCUT2D eigenvalue weighted by Gasteiger charge is -2.16. The van der Waals surface area contributed by atoms with Crippen LogP contribution in [0.15, 0.2) is 18.2 Å². The molecule has 0 spiro atoms. The minimum absolute atomic E-state index is 0.278. The Labute approximate surface area is 96.0 Å². The molecule has 0 saturated heterocycles. The van der Waals surface area contributed by atoms with Crippen molar-refractivity contribution in [1.82, 2.24) is 4.90 Å². The molecule has 1 aliphatic rings. The summed E-state index contributed by atoms with van der Waals surface area (Å²) >= 11 is 0. The largest absolute Gasteiger partial charge is 0.494 e. The van der Waals surface area contributed by atoms with Crippen molar-refractivity contribution >= 4 is 0 Å². The van der Waals surface area contributed by atoms with E-state index >= 15 is 0 Å². The van der Waals surface area contributed by atoms with Crippen LogP contribution in [0.25, 0.3) is 0 Å². The summed E-state index contributed by atoms with van der Waals surface area (Å²) in [4.78, 5) is 2.25. The highest BCUT2D eigenvalue weighted by Gasteiger charge is 2.22. The van der Waals surface area contributed by atoms with Crippen LogP contribution in [0, 0.1) is 11.7 Å². The van der Waals surface area contributed by atoms with Gasteiger partial charge in [0.25, 0.3) is 0 Å². The van der Waals surface area contributed by atoms with Gasteiger partial charge in [-0.3, -0.25) is 0 Å². The van der Waals surface area contributed by atoms with Crippen LogP contribution in [0.4, 0.5) is 4.39 Å². The Morgan fingerprint density at radius 2 is 2.19 bits per heavy atom. The second kappa shape index (κ2) is 4.83. The highest BCUT2D eigenvalue weighted by atomic mass is 19.1. The van der Waals surface area contributed by atoms with Crippen molar-refractivity contribution in [2.75, 3.05) is 20.7 Å². The molecular weight excluding hydrogens is 205 g/mol. The predicted octanol–water partition coefficient (Wildman–Crippen LogP) is 2.68. The summed E-state index contributed by atoms with van der Waals surface area (Å²) in [5.74, 6) is 0.904. The van der Waals surface area contributed by atoms with Crippen LogP contribution in [-0.4, -0.2) is 25.6 Å². The van der Waals surface area contributed by atoms with E-state index in [2.05, 4.69) is 11.9 Å². The van der Waals surface area contributed by atoms with Gasteiger partial charge in [0, 0.05) is 13.1 Å². The molecule has 0 unspecified atom stereocenters. The van der Waals surface area contributed by atoms with Crippen molar-refractivity contribution < 1.29 is 9.13 Å². The smallest absolute Gasteiger partial charge is 0.165 e. The predicted molar refractivity (Wildman–Crippen MR) is 62.0 cm³/mol. The van der Waals surface area contributed by atoms with Crippen LogP contribution >= 0.6 is 0 Å². The van der Waals surface area contributed by atoms with Crippen molar-refractivity contribution in [2.24, 2.45) is 5.92 Å². The first-order chi connectivity index (χ1) is 7.69. The third-order valence-corrected chi connectivity index (χ3v) is 2.94. The van der Waals surface area contributed by atoms with Crippen LogP contribution in [0.1, 0.15) is 18.4 Å². The lowest BCUT2D eigenvalue weighted by atomic mass is 10.2. The maximum absolute atomic E-state index is 13.4. The van der Waals surface area contributed by atoms with E-state index in [9.17, 15) is 4.39 Å². The molecule has 2 rings (SSSR count). The van der Waals surface area contributed by atoms with E-state index in [-0.39, 0.29) is 5.82 Å². The number of benzene rings is 1. The third-order valence-electron chi connectivity index (χ3n) is 2.94. The topological polar surface area (TPSA) is 12.5 Å². The summed E-state index contributed by atoms with van der Waals surface area (Å²) < 4.78 is 18.3. The highest BCUT2D eigenvalue weighted by molar-refractivity contribution is 5.29. The molecule has 1 aromatic carbocycles. The Hall–Kier alpha value is -1.09. The zero-order valence-electron chi connectivity index (χ0n) is 9.87. The monoisotopic (exact) mass is 223 g/mol. The van der Waals surface area contributed by atoms with E-state index < -0.39 is 0 Å². The van der Waals surface area contributed by atoms with Crippen LogP contribution in [-0.2, 0) is 6.54 Å². The van der Waals surface area contributed by atoms with Gasteiger partial charge in [0.15, 0.2) is 11.6 Å². The summed E-state index contributed by atoms with van der Waals surface area (Å²) in [5, 5.41) is 0. The fourth-order valence-electron chi connectivity index (χ4n) is 1.93. The fraction of sp³-hybridized carbons (Fsp3) is 0.538. The first-order valence-electron chi connectivity index (χ1n) is 5.70. The summed E-state index contributed by atoms with van der Waals surface area (Å²) in [6.45, 7) is 1.92. The van der Waals surface area contributed by atoms with E-state index in [0.29, 0.717) is 5.75 Å². The summed E-state index contributed by atoms with van der Waals surface area (Å²) in [7, 11) is 3.57. The van der Waals surface area contributed by atoms with Crippen molar-refractivity contribution in [2.45, 2.75) is 19.4 Å². The first-order valence-corrected chi connectivity index (χ1v) is 5.70. The average Bonchev–Trinajstić information content (AvgIpc) is 3.01. The second-order valence-electron chi connectivity index (χ2n) is 4.61. The van der Waals surface area contributed by atoms with Crippen LogP contribution in [0.3, 0.4) is 0 Å². The standard InChI is InChI=1S/C13H18FNO/c1-15(8-10-3-4-10)9-11-5-6-13(16-2)12(14)7-11/h5-7,10H,3-4,8-9H2,1-2H3. The molecule has 0 amide bonds. The zero-order chi connectivity index (χ0) is 11.5. The van der Waals surface area contributed by atoms with E-state index in [4.69, 9.17) is 4.74 Å². The third kappa shape index (κ3) is 2.95. The molecule has 0 heterocycles. The van der Waals surface area contributed by atoms with E-state index in [1.165, 1.54) is 20.0 Å². The Morgan fingerprint density at radius 3 is 2.75 bits per heavy atom. The fourth-order valence-corrected chi connectivity index (χ4v) is 1.93. The van der Waals surface area contributed by atoms with Crippen LogP contribution in [0.5, 0.6) is 5.75 Å². The van der Waals surface area contributed by atoms with E-state index in [0.717, 1.165) is 24.6 Å². The number of methoxy groups -OCH3 is 1. The lowest BCUT2D eigenvalue weighted by Crippen LogP contribution is -2.20. The van der Waals surface area contributed by atoms with E-state index in [1.54, 1.807) is 12.1 Å². The van der Waals surface area contributed by atoms with Gasteiger partial charge in [-0.05, 0) is 43.5 Å². The van der Waals surface area contributed by atoms with Gasteiger partial charge in [0.05, 0.1) is 7.11 Å². The molecule has 0 aliphatic heterocycles. The summed E-state index contributed by atoms with van der Waals surface area (Å²) in [6, 6.07) is 5.17. The van der Waals surface area contributed by atoms with E-state index in [1.807, 2.05) is 6.07 Å². The lowest BCUT2D eigenvalue weighted by molar-refractivity contribution is 0.312. The SMILES string of the molecule is COc1ccc(CN(C)CC2CC2)cc1F. The number of nitrogens with zero attached hydrogens (tertiary/aromatic N) is 1. The molecule has 1 fully saturated rings. The maximum Gasteiger partial charge on any atom is 0.165 e. The van der Waals surface area contributed by atoms with Gasteiger partial charge in [-0.15, -0.1) is 0 Å². The second-order valence-corrected chi connectivity index (χ2v) is 4.61. The van der Waals surface area contributed by atoms with Crippen molar-refractivity contribution in [3.8, 4) is 5.75 Å². The number of rotatable bonds is 5. The molecule has 0 atom stereocenters. The molecule has 2 nitrogen and oxygen atoms in total. The Kier molecular flexibility index (Phi) is 3.44. The molecule has 1 aliphatic carbocycles. The minimum atomic E-state index is -0.278. The Morgan fingerprint density at radius 1 is 1.44 bits per heavy atom. The van der Waals surface area contributed by atoms with Crippen molar-refractivity contribution in [3.63, 3.8) is 0 Å². The first kappa shape index (κ1) is 11.4. The molecule has 0 N–H and O–H groups in total. The quantitative estimate of drug-likeness (QED) is 0.761. The zero-order valence-corrected chi connectivity index (χ0v) is 9.87. The van der Waals surface area contributed by atoms with Gasteiger partial charge in [-0.1, -0.05) is 6.07 Å². The Balaban J connectivity index is 1.95. The molecule has 1 saturated carbocycles. The molecule has 0 radical (unpaired) electrons. The normalized spacial score (nSPS) is 15.5. The molecule has 0 bridgehead atoms. The molecule has 1 aromatic rings. The maximum atomic E-state index is 13.4. The number of ether oxygens (including phenoxy) is 1. The van der Waals surface area contributed by atoms with Gasteiger partial charge in [0.1, 0.15) is 0 Å². The van der Waals surface area contributed by atoms with Gasteiger partial charge in [-0.25, -0.2) is 4.39 Å². The molecule has 0 aromatic heterocycles. The average molecular weight is 223 g/mol. The van der Waals surface area contributed by atoms with Gasteiger partial charge in [0.2, 0.25) is 0 Å². The summed E-state index contributed by atoms with van der Waals surface area (Å²) in [5.41, 5.74) is 1.00. The Bertz CT molecular complexity index is 363. The highest BCUT2D eigenvalue weighted by Crippen LogP contribution is 2.29. The number of hydrogen-bond donors (Lipinski definition) is 0. The van der Waals surface area contributed by atoms with Crippen molar-refractivity contribution in [3.05, 3.63) is 29.6 Å². The van der Waals surface area contributed by atoms with Gasteiger partial charge < -0.3 is 9.64 Å². The molecule has 16 heavy (non-hydrogen) atoms. The summed E-state index contributed by atoms with van der Waals surface area (Å²) in [6.07, 6.45) is 2.70. The minimum Gasteiger partial charge on any atom is -0.494 e. The van der Waals surface area contributed by atoms with Crippen molar-refractivity contribution in [1.29, 1.82) is 0 Å². The molecular formula is C13H18FNO. The van der Waals surface area contributed by atoms with Crippen LogP contribution < -0.4 is 4.74 Å². The van der Waals surface area contributed by atoms with Gasteiger partial charge >= 0.3 is 0 Å². The number of hydrogen-bond acceptors (Lipinski definition) is 2.